The normalized spacial score (nSPS) is 10.0. The van der Waals surface area contributed by atoms with Crippen LogP contribution in [0.5, 0.6) is 0 Å². The minimum Gasteiger partial charge on any atom is -0.465 e. The quantitative estimate of drug-likeness (QED) is 0.877. The summed E-state index contributed by atoms with van der Waals surface area (Å²) < 4.78 is 4.60. The van der Waals surface area contributed by atoms with Crippen molar-refractivity contribution in [3.05, 3.63) is 52.0 Å². The van der Waals surface area contributed by atoms with E-state index in [0.717, 1.165) is 0 Å². The number of hydrogen-bond acceptors (Lipinski definition) is 5. The molecule has 8 heteroatoms. The van der Waals surface area contributed by atoms with Gasteiger partial charge >= 0.3 is 5.97 Å². The Hall–Kier alpha value is -2.18. The number of carbonyl (C=O) groups is 2. The van der Waals surface area contributed by atoms with Gasteiger partial charge in [0.1, 0.15) is 10.8 Å². The zero-order valence-electron chi connectivity index (χ0n) is 10.8. The van der Waals surface area contributed by atoms with Crippen LogP contribution in [0, 0.1) is 0 Å². The molecule has 1 N–H and O–H groups in total. The van der Waals surface area contributed by atoms with Gasteiger partial charge in [-0.05, 0) is 18.2 Å². The summed E-state index contributed by atoms with van der Waals surface area (Å²) in [6.45, 7) is 0. The molecule has 6 nitrogen and oxygen atoms in total. The van der Waals surface area contributed by atoms with Crippen molar-refractivity contribution < 1.29 is 14.3 Å². The van der Waals surface area contributed by atoms with Gasteiger partial charge in [-0.25, -0.2) is 14.8 Å². The van der Waals surface area contributed by atoms with Crippen molar-refractivity contribution in [3.63, 3.8) is 0 Å². The number of methoxy groups -OCH3 is 1. The number of halogens is 2. The molecule has 0 saturated carbocycles. The van der Waals surface area contributed by atoms with Gasteiger partial charge in [-0.2, -0.15) is 0 Å². The second-order valence-corrected chi connectivity index (χ2v) is 4.66. The Kier molecular flexibility index (Phi) is 4.72. The lowest BCUT2D eigenvalue weighted by Gasteiger charge is -2.08. The van der Waals surface area contributed by atoms with E-state index in [0.29, 0.717) is 0 Å². The van der Waals surface area contributed by atoms with E-state index in [2.05, 4.69) is 20.0 Å². The molecular formula is C13H9Cl2N3O3. The zero-order chi connectivity index (χ0) is 15.4. The van der Waals surface area contributed by atoms with E-state index >= 15 is 0 Å². The van der Waals surface area contributed by atoms with Gasteiger partial charge in [0.05, 0.1) is 35.8 Å². The number of anilines is 1. The number of carbonyl (C=O) groups excluding carboxylic acids is 2. The number of rotatable bonds is 3. The fraction of sp³-hybridized carbons (Fsp3) is 0.0769. The van der Waals surface area contributed by atoms with Gasteiger partial charge in [0.2, 0.25) is 0 Å². The van der Waals surface area contributed by atoms with Crippen molar-refractivity contribution >= 4 is 40.8 Å². The highest BCUT2D eigenvalue weighted by molar-refractivity contribution is 6.34. The summed E-state index contributed by atoms with van der Waals surface area (Å²) in [5.74, 6) is -1.06. The molecule has 1 aromatic carbocycles. The second kappa shape index (κ2) is 6.51. The molecule has 108 valence electrons. The Balaban J connectivity index is 2.24. The van der Waals surface area contributed by atoms with Gasteiger partial charge in [0.15, 0.2) is 0 Å². The lowest BCUT2D eigenvalue weighted by molar-refractivity contribution is 0.0600. The molecule has 21 heavy (non-hydrogen) atoms. The Morgan fingerprint density at radius 2 is 1.95 bits per heavy atom. The molecular weight excluding hydrogens is 317 g/mol. The van der Waals surface area contributed by atoms with Crippen LogP contribution in [0.3, 0.4) is 0 Å². The van der Waals surface area contributed by atoms with Gasteiger partial charge in [-0.1, -0.05) is 23.2 Å². The Morgan fingerprint density at radius 1 is 1.19 bits per heavy atom. The fourth-order valence-electron chi connectivity index (χ4n) is 1.48. The maximum Gasteiger partial charge on any atom is 0.337 e. The molecule has 0 aliphatic heterocycles. The topological polar surface area (TPSA) is 81.2 Å². The summed E-state index contributed by atoms with van der Waals surface area (Å²) in [6, 6.07) is 4.39. The highest BCUT2D eigenvalue weighted by atomic mass is 35.5. The van der Waals surface area contributed by atoms with Crippen molar-refractivity contribution in [2.45, 2.75) is 0 Å². The van der Waals surface area contributed by atoms with Crippen LogP contribution in [-0.2, 0) is 4.74 Å². The van der Waals surface area contributed by atoms with Crippen LogP contribution in [0.2, 0.25) is 10.2 Å². The van der Waals surface area contributed by atoms with Crippen LogP contribution >= 0.6 is 23.2 Å². The molecule has 1 heterocycles. The molecule has 0 aliphatic carbocycles. The average Bonchev–Trinajstić information content (AvgIpc) is 2.49. The number of benzene rings is 1. The van der Waals surface area contributed by atoms with Crippen LogP contribution in [0.4, 0.5) is 5.69 Å². The Morgan fingerprint density at radius 3 is 2.57 bits per heavy atom. The number of amides is 1. The molecule has 0 radical (unpaired) electrons. The minimum atomic E-state index is -0.534. The van der Waals surface area contributed by atoms with E-state index < -0.39 is 11.9 Å². The van der Waals surface area contributed by atoms with Gasteiger partial charge < -0.3 is 10.1 Å². The minimum absolute atomic E-state index is 0.0685. The highest BCUT2D eigenvalue weighted by Gasteiger charge is 2.13. The molecule has 0 unspecified atom stereocenters. The predicted molar refractivity (Wildman–Crippen MR) is 77.8 cm³/mol. The number of ether oxygens (including phenoxy) is 1. The third-order valence-corrected chi connectivity index (χ3v) is 3.01. The van der Waals surface area contributed by atoms with Crippen molar-refractivity contribution in [2.75, 3.05) is 12.4 Å². The van der Waals surface area contributed by atoms with E-state index in [1.165, 1.54) is 37.7 Å². The number of aromatic nitrogens is 2. The summed E-state index contributed by atoms with van der Waals surface area (Å²) in [4.78, 5) is 31.0. The monoisotopic (exact) mass is 325 g/mol. The number of esters is 1. The first-order valence-corrected chi connectivity index (χ1v) is 6.43. The maximum atomic E-state index is 12.0. The molecule has 0 aliphatic rings. The molecule has 1 amide bonds. The SMILES string of the molecule is COC(=O)c1ccc(Cl)c(NC(=O)c2cnc(Cl)cn2)c1. The summed E-state index contributed by atoms with van der Waals surface area (Å²) >= 11 is 11.6. The summed E-state index contributed by atoms with van der Waals surface area (Å²) in [7, 11) is 1.26. The van der Waals surface area contributed by atoms with E-state index in [1.54, 1.807) is 0 Å². The third kappa shape index (κ3) is 3.68. The lowest BCUT2D eigenvalue weighted by atomic mass is 10.2. The molecule has 1 aromatic heterocycles. The Bertz CT molecular complexity index is 690. The highest BCUT2D eigenvalue weighted by Crippen LogP contribution is 2.24. The van der Waals surface area contributed by atoms with E-state index in [-0.39, 0.29) is 27.1 Å². The maximum absolute atomic E-state index is 12.0. The average molecular weight is 326 g/mol. The fourth-order valence-corrected chi connectivity index (χ4v) is 1.74. The molecule has 0 bridgehead atoms. The van der Waals surface area contributed by atoms with E-state index in [9.17, 15) is 9.59 Å². The molecule has 0 spiro atoms. The number of hydrogen-bond donors (Lipinski definition) is 1. The first kappa shape index (κ1) is 15.2. The molecule has 0 saturated heterocycles. The summed E-state index contributed by atoms with van der Waals surface area (Å²) in [6.07, 6.45) is 2.48. The first-order chi connectivity index (χ1) is 10.0. The van der Waals surface area contributed by atoms with E-state index in [4.69, 9.17) is 23.2 Å². The number of nitrogens with zero attached hydrogens (tertiary/aromatic N) is 2. The Labute approximate surface area is 130 Å². The molecule has 0 atom stereocenters. The van der Waals surface area contributed by atoms with Gasteiger partial charge in [0.25, 0.3) is 5.91 Å². The largest absolute Gasteiger partial charge is 0.465 e. The number of nitrogens with one attached hydrogen (secondary N) is 1. The van der Waals surface area contributed by atoms with Crippen LogP contribution in [-0.4, -0.2) is 29.0 Å². The van der Waals surface area contributed by atoms with Gasteiger partial charge in [-0.3, -0.25) is 4.79 Å². The lowest BCUT2D eigenvalue weighted by Crippen LogP contribution is -2.15. The predicted octanol–water partition coefficient (Wildman–Crippen LogP) is 2.82. The van der Waals surface area contributed by atoms with Crippen LogP contribution < -0.4 is 5.32 Å². The van der Waals surface area contributed by atoms with E-state index in [1.807, 2.05) is 0 Å². The van der Waals surface area contributed by atoms with Crippen molar-refractivity contribution in [1.82, 2.24) is 9.97 Å². The molecule has 2 aromatic rings. The second-order valence-electron chi connectivity index (χ2n) is 3.86. The smallest absolute Gasteiger partial charge is 0.337 e. The molecule has 0 fully saturated rings. The van der Waals surface area contributed by atoms with Crippen molar-refractivity contribution in [1.29, 1.82) is 0 Å². The van der Waals surface area contributed by atoms with Crippen LogP contribution in [0.1, 0.15) is 20.8 Å². The standard InChI is InChI=1S/C13H9Cl2N3O3/c1-21-13(20)7-2-3-8(14)9(4-7)18-12(19)10-5-17-11(15)6-16-10/h2-6H,1H3,(H,18,19). The van der Waals surface area contributed by atoms with Crippen molar-refractivity contribution in [3.8, 4) is 0 Å². The van der Waals surface area contributed by atoms with Gasteiger partial charge in [-0.15, -0.1) is 0 Å². The van der Waals surface area contributed by atoms with Crippen LogP contribution in [0.15, 0.2) is 30.6 Å². The zero-order valence-corrected chi connectivity index (χ0v) is 12.3. The van der Waals surface area contributed by atoms with Crippen LogP contribution in [0.25, 0.3) is 0 Å². The first-order valence-electron chi connectivity index (χ1n) is 5.68. The summed E-state index contributed by atoms with van der Waals surface area (Å²) in [5, 5.41) is 2.99. The van der Waals surface area contributed by atoms with Gasteiger partial charge in [0, 0.05) is 0 Å². The van der Waals surface area contributed by atoms with Crippen molar-refractivity contribution in [2.24, 2.45) is 0 Å². The third-order valence-electron chi connectivity index (χ3n) is 2.49. The molecule has 2 rings (SSSR count). The summed E-state index contributed by atoms with van der Waals surface area (Å²) in [5.41, 5.74) is 0.597.